The fourth-order valence-electron chi connectivity index (χ4n) is 2.86. The van der Waals surface area contributed by atoms with Crippen LogP contribution >= 0.6 is 0 Å². The molecule has 1 N–H and O–H groups in total. The van der Waals surface area contributed by atoms with Crippen molar-refractivity contribution in [1.82, 2.24) is 5.32 Å². The molecule has 1 aromatic carbocycles. The van der Waals surface area contributed by atoms with Crippen LogP contribution in [0.1, 0.15) is 52.0 Å². The second-order valence-electron chi connectivity index (χ2n) is 6.55. The number of rotatable bonds is 1. The number of hydrogen-bond acceptors (Lipinski definition) is 5. The molecular formula is C21H32N2O3. The predicted molar refractivity (Wildman–Crippen MR) is 112 cm³/mol. The van der Waals surface area contributed by atoms with Gasteiger partial charge < -0.3 is 14.6 Å². The Morgan fingerprint density at radius 2 is 1.77 bits per heavy atom. The summed E-state index contributed by atoms with van der Waals surface area (Å²) in [5.74, 6) is 0. The fraction of sp³-hybridized carbons (Fsp3) is 0.429. The summed E-state index contributed by atoms with van der Waals surface area (Å²) in [4.78, 5) is 24.7. The molecule has 0 saturated carbocycles. The number of aldehydes is 1. The summed E-state index contributed by atoms with van der Waals surface area (Å²) in [5.41, 5.74) is 3.14. The Morgan fingerprint density at radius 3 is 2.31 bits per heavy atom. The van der Waals surface area contributed by atoms with E-state index in [2.05, 4.69) is 37.1 Å². The van der Waals surface area contributed by atoms with Crippen LogP contribution in [0.4, 0.5) is 5.69 Å². The minimum absolute atomic E-state index is 0. The number of fused-ring (bicyclic) bond motifs is 2. The van der Waals surface area contributed by atoms with E-state index >= 15 is 0 Å². The first kappa shape index (κ1) is 21.6. The van der Waals surface area contributed by atoms with Gasteiger partial charge in [-0.3, -0.25) is 4.79 Å². The Hall–Kier alpha value is -2.40. The van der Waals surface area contributed by atoms with E-state index in [1.54, 1.807) is 6.07 Å². The third kappa shape index (κ3) is 4.22. The van der Waals surface area contributed by atoms with E-state index < -0.39 is 5.63 Å². The van der Waals surface area contributed by atoms with Crippen LogP contribution in [0.25, 0.3) is 16.5 Å². The first-order valence-electron chi connectivity index (χ1n) is 8.84. The molecule has 26 heavy (non-hydrogen) atoms. The molecule has 2 aromatic rings. The van der Waals surface area contributed by atoms with Crippen LogP contribution in [0.3, 0.4) is 0 Å². The summed E-state index contributed by atoms with van der Waals surface area (Å²) in [6.07, 6.45) is 2.74. The summed E-state index contributed by atoms with van der Waals surface area (Å²) < 4.78 is 5.27. The zero-order chi connectivity index (χ0) is 20.1. The summed E-state index contributed by atoms with van der Waals surface area (Å²) in [6, 6.07) is 5.43. The van der Waals surface area contributed by atoms with E-state index in [0.717, 1.165) is 16.6 Å². The maximum Gasteiger partial charge on any atom is 0.346 e. The van der Waals surface area contributed by atoms with Crippen molar-refractivity contribution in [1.29, 1.82) is 0 Å². The van der Waals surface area contributed by atoms with Gasteiger partial charge in [-0.1, -0.05) is 19.9 Å². The Balaban J connectivity index is 0.00000103. The van der Waals surface area contributed by atoms with Gasteiger partial charge in [-0.05, 0) is 52.6 Å². The van der Waals surface area contributed by atoms with Crippen molar-refractivity contribution in [2.24, 2.45) is 0 Å². The second kappa shape index (κ2) is 8.81. The third-order valence-corrected chi connectivity index (χ3v) is 4.22. The quantitative estimate of drug-likeness (QED) is 0.605. The van der Waals surface area contributed by atoms with Gasteiger partial charge in [0.1, 0.15) is 11.1 Å². The van der Waals surface area contributed by atoms with E-state index in [1.165, 1.54) is 5.57 Å². The monoisotopic (exact) mass is 360 g/mol. The molecule has 0 aliphatic carbocycles. The Labute approximate surface area is 157 Å². The van der Waals surface area contributed by atoms with Crippen molar-refractivity contribution in [3.8, 4) is 0 Å². The van der Waals surface area contributed by atoms with Crippen LogP contribution in [0.15, 0.2) is 33.5 Å². The number of carbonyl (C=O) groups is 1. The summed E-state index contributed by atoms with van der Waals surface area (Å²) in [5, 5.41) is 3.51. The highest BCUT2D eigenvalue weighted by atomic mass is 16.4. The first-order chi connectivity index (χ1) is 12.2. The molecule has 3 rings (SSSR count). The van der Waals surface area contributed by atoms with E-state index in [-0.39, 0.29) is 12.5 Å². The molecule has 1 aromatic heterocycles. The van der Waals surface area contributed by atoms with Crippen molar-refractivity contribution in [3.63, 3.8) is 0 Å². The molecule has 5 nitrogen and oxygen atoms in total. The SMILES string of the molecule is CC.CC1=CC(C)(C)N(C)c2cc3oc(=O)c(C=O)cc3cc21.CNC.[HH]. The van der Waals surface area contributed by atoms with Gasteiger partial charge in [0.05, 0.1) is 5.54 Å². The van der Waals surface area contributed by atoms with Gasteiger partial charge in [0.25, 0.3) is 0 Å². The van der Waals surface area contributed by atoms with Crippen molar-refractivity contribution in [2.75, 3.05) is 26.0 Å². The molecular weight excluding hydrogens is 328 g/mol. The lowest BCUT2D eigenvalue weighted by molar-refractivity contribution is 0.112. The highest BCUT2D eigenvalue weighted by Gasteiger charge is 2.29. The number of allylic oxidation sites excluding steroid dienone is 1. The van der Waals surface area contributed by atoms with Crippen LogP contribution < -0.4 is 15.8 Å². The van der Waals surface area contributed by atoms with E-state index in [1.807, 2.05) is 47.1 Å². The normalized spacial score (nSPS) is 14.3. The van der Waals surface area contributed by atoms with E-state index in [0.29, 0.717) is 11.9 Å². The smallest absolute Gasteiger partial charge is 0.346 e. The minimum Gasteiger partial charge on any atom is -0.422 e. The Bertz CT molecular complexity index is 870. The largest absolute Gasteiger partial charge is 0.422 e. The molecule has 0 radical (unpaired) electrons. The molecule has 0 amide bonds. The number of nitrogens with one attached hydrogen (secondary N) is 1. The third-order valence-electron chi connectivity index (χ3n) is 4.22. The molecule has 144 valence electrons. The van der Waals surface area contributed by atoms with Crippen molar-refractivity contribution < 1.29 is 10.6 Å². The van der Waals surface area contributed by atoms with E-state index in [9.17, 15) is 9.59 Å². The average molecular weight is 360 g/mol. The fourth-order valence-corrected chi connectivity index (χ4v) is 2.86. The van der Waals surface area contributed by atoms with Crippen LogP contribution in [-0.4, -0.2) is 33.0 Å². The number of benzene rings is 1. The highest BCUT2D eigenvalue weighted by Crippen LogP contribution is 2.39. The van der Waals surface area contributed by atoms with Gasteiger partial charge in [0, 0.05) is 31.2 Å². The second-order valence-corrected chi connectivity index (χ2v) is 6.55. The number of anilines is 1. The highest BCUT2D eigenvalue weighted by molar-refractivity contribution is 5.93. The zero-order valence-electron chi connectivity index (χ0n) is 17.1. The predicted octanol–water partition coefficient (Wildman–Crippen LogP) is 4.35. The van der Waals surface area contributed by atoms with Gasteiger partial charge in [0.2, 0.25) is 0 Å². The standard InChI is InChI=1S/C17H17NO3.C2H7N.C2H6.H2/c1-10-8-17(2,3)18(4)14-7-15-11(6-13(10)14)5-12(9-19)16(20)21-15;1-3-2;1-2;/h5-9H,1-4H3;3H,1-2H3;1-2H3;1H. The lowest BCUT2D eigenvalue weighted by atomic mass is 9.89. The lowest BCUT2D eigenvalue weighted by Crippen LogP contribution is -2.42. The molecule has 2 heterocycles. The van der Waals surface area contributed by atoms with Crippen LogP contribution in [0.2, 0.25) is 0 Å². The van der Waals surface area contributed by atoms with Crippen LogP contribution in [0, 0.1) is 0 Å². The number of likely N-dealkylation sites (N-methyl/N-ethyl adjacent to an activating group) is 1. The first-order valence-corrected chi connectivity index (χ1v) is 8.84. The molecule has 1 aliphatic rings. The lowest BCUT2D eigenvalue weighted by Gasteiger charge is -2.40. The Morgan fingerprint density at radius 1 is 1.19 bits per heavy atom. The molecule has 0 unspecified atom stereocenters. The topological polar surface area (TPSA) is 62.6 Å². The molecule has 0 saturated heterocycles. The summed E-state index contributed by atoms with van der Waals surface area (Å²) in [6.45, 7) is 10.3. The molecule has 5 heteroatoms. The summed E-state index contributed by atoms with van der Waals surface area (Å²) >= 11 is 0. The molecule has 1 aliphatic heterocycles. The summed E-state index contributed by atoms with van der Waals surface area (Å²) in [7, 11) is 5.77. The molecule has 0 fully saturated rings. The van der Waals surface area contributed by atoms with Crippen LogP contribution in [0.5, 0.6) is 0 Å². The zero-order valence-corrected chi connectivity index (χ0v) is 17.1. The van der Waals surface area contributed by atoms with Crippen molar-refractivity contribution >= 4 is 28.5 Å². The number of carbonyl (C=O) groups excluding carboxylic acids is 1. The van der Waals surface area contributed by atoms with Crippen LogP contribution in [-0.2, 0) is 0 Å². The number of hydrogen-bond donors (Lipinski definition) is 1. The maximum atomic E-state index is 11.7. The van der Waals surface area contributed by atoms with E-state index in [4.69, 9.17) is 4.42 Å². The van der Waals surface area contributed by atoms with Gasteiger partial charge in [-0.2, -0.15) is 0 Å². The molecule has 0 atom stereocenters. The van der Waals surface area contributed by atoms with Crippen molar-refractivity contribution in [3.05, 3.63) is 45.8 Å². The van der Waals surface area contributed by atoms with Gasteiger partial charge in [0.15, 0.2) is 6.29 Å². The van der Waals surface area contributed by atoms with Gasteiger partial charge in [-0.25, -0.2) is 4.79 Å². The Kier molecular flexibility index (Phi) is 7.33. The van der Waals surface area contributed by atoms with Gasteiger partial charge in [-0.15, -0.1) is 0 Å². The minimum atomic E-state index is -0.595. The van der Waals surface area contributed by atoms with Crippen molar-refractivity contribution in [2.45, 2.75) is 40.2 Å². The number of nitrogens with zero attached hydrogens (tertiary/aromatic N) is 1. The molecule has 0 spiro atoms. The molecule has 0 bridgehead atoms. The maximum absolute atomic E-state index is 11.7. The average Bonchev–Trinajstić information content (AvgIpc) is 2.60. The van der Waals surface area contributed by atoms with Gasteiger partial charge >= 0.3 is 5.63 Å².